The highest BCUT2D eigenvalue weighted by molar-refractivity contribution is 9.11. The molecule has 0 fully saturated rings. The number of anilines is 1. The molecule has 4 nitrogen and oxygen atoms in total. The number of nitro groups is 1. The molecule has 0 amide bonds. The van der Waals surface area contributed by atoms with Crippen molar-refractivity contribution >= 4 is 43.2 Å². The van der Waals surface area contributed by atoms with Crippen molar-refractivity contribution in [2.75, 3.05) is 5.32 Å². The van der Waals surface area contributed by atoms with Gasteiger partial charge in [0.1, 0.15) is 10.3 Å². The number of nitro benzene ring substituents is 1. The normalized spacial score (nSPS) is 10.3. The number of para-hydroxylation sites is 1. The molecule has 0 atom stereocenters. The lowest BCUT2D eigenvalue weighted by Gasteiger charge is -2.11. The summed E-state index contributed by atoms with van der Waals surface area (Å²) in [6, 6.07) is 9.39. The predicted molar refractivity (Wildman–Crippen MR) is 82.2 cm³/mol. The molecule has 2 aromatic rings. The van der Waals surface area contributed by atoms with Gasteiger partial charge in [-0.15, -0.1) is 0 Å². The van der Waals surface area contributed by atoms with Crippen molar-refractivity contribution in [3.8, 4) is 0 Å². The Kier molecular flexibility index (Phi) is 4.72. The van der Waals surface area contributed by atoms with Gasteiger partial charge in [0.25, 0.3) is 5.69 Å². The van der Waals surface area contributed by atoms with Crippen LogP contribution in [0, 0.1) is 15.9 Å². The Balaban J connectivity index is 2.24. The Bertz CT molecular complexity index is 645. The smallest absolute Gasteiger partial charge is 0.283 e. The number of nitrogens with zero attached hydrogens (tertiary/aromatic N) is 1. The Morgan fingerprint density at radius 2 is 1.90 bits per heavy atom. The summed E-state index contributed by atoms with van der Waals surface area (Å²) in [7, 11) is 0. The number of halogens is 3. The average Bonchev–Trinajstić information content (AvgIpc) is 2.39. The lowest BCUT2D eigenvalue weighted by Crippen LogP contribution is -2.04. The molecular formula is C13H9Br2FN2O2. The van der Waals surface area contributed by atoms with Gasteiger partial charge in [-0.2, -0.15) is 0 Å². The third-order valence-corrected chi connectivity index (χ3v) is 4.25. The molecule has 0 aromatic heterocycles. The Morgan fingerprint density at radius 3 is 2.55 bits per heavy atom. The Morgan fingerprint density at radius 1 is 1.20 bits per heavy atom. The maximum absolute atomic E-state index is 13.6. The van der Waals surface area contributed by atoms with Crippen LogP contribution in [0.5, 0.6) is 0 Å². The van der Waals surface area contributed by atoms with Crippen molar-refractivity contribution in [1.82, 2.24) is 0 Å². The van der Waals surface area contributed by atoms with Gasteiger partial charge in [-0.3, -0.25) is 10.1 Å². The van der Waals surface area contributed by atoms with Crippen LogP contribution in [0.25, 0.3) is 0 Å². The first-order valence-corrected chi connectivity index (χ1v) is 7.19. The third-order valence-electron chi connectivity index (χ3n) is 2.67. The van der Waals surface area contributed by atoms with Crippen molar-refractivity contribution in [3.63, 3.8) is 0 Å². The predicted octanol–water partition coefficient (Wildman–Crippen LogP) is 4.87. The molecule has 0 spiro atoms. The number of nitrogens with one attached hydrogen (secondary N) is 1. The number of hydrogen-bond donors (Lipinski definition) is 1. The van der Waals surface area contributed by atoms with Crippen LogP contribution in [-0.4, -0.2) is 4.92 Å². The minimum absolute atomic E-state index is 0.0168. The molecule has 1 N–H and O–H groups in total. The van der Waals surface area contributed by atoms with Crippen molar-refractivity contribution < 1.29 is 9.31 Å². The van der Waals surface area contributed by atoms with Crippen LogP contribution in [0.3, 0.4) is 0 Å². The summed E-state index contributed by atoms with van der Waals surface area (Å²) < 4.78 is 14.6. The van der Waals surface area contributed by atoms with Crippen molar-refractivity contribution in [2.24, 2.45) is 0 Å². The second-order valence-electron chi connectivity index (χ2n) is 3.96. The first-order valence-electron chi connectivity index (χ1n) is 5.60. The molecule has 7 heteroatoms. The Labute approximate surface area is 131 Å². The molecule has 2 aromatic carbocycles. The highest BCUT2D eigenvalue weighted by atomic mass is 79.9. The minimum atomic E-state index is -0.466. The van der Waals surface area contributed by atoms with Crippen molar-refractivity contribution in [1.29, 1.82) is 0 Å². The molecule has 20 heavy (non-hydrogen) atoms. The zero-order valence-corrected chi connectivity index (χ0v) is 13.2. The van der Waals surface area contributed by atoms with E-state index in [1.807, 2.05) is 0 Å². The van der Waals surface area contributed by atoms with E-state index in [-0.39, 0.29) is 18.0 Å². The van der Waals surface area contributed by atoms with E-state index in [4.69, 9.17) is 0 Å². The van der Waals surface area contributed by atoms with Gasteiger partial charge in [0.2, 0.25) is 0 Å². The largest absolute Gasteiger partial charge is 0.378 e. The molecule has 0 saturated heterocycles. The van der Waals surface area contributed by atoms with E-state index in [0.717, 1.165) is 0 Å². The van der Waals surface area contributed by atoms with Gasteiger partial charge in [-0.1, -0.05) is 18.2 Å². The quantitative estimate of drug-likeness (QED) is 0.585. The molecule has 0 bridgehead atoms. The molecule has 0 saturated carbocycles. The summed E-state index contributed by atoms with van der Waals surface area (Å²) in [6.45, 7) is 0.266. The van der Waals surface area contributed by atoms with Crippen LogP contribution >= 0.6 is 31.9 Å². The van der Waals surface area contributed by atoms with Gasteiger partial charge in [0, 0.05) is 17.1 Å². The molecule has 0 aliphatic rings. The fourth-order valence-corrected chi connectivity index (χ4v) is 2.73. The lowest BCUT2D eigenvalue weighted by molar-refractivity contribution is -0.385. The lowest BCUT2D eigenvalue weighted by atomic mass is 10.2. The van der Waals surface area contributed by atoms with Crippen LogP contribution < -0.4 is 5.32 Å². The standard InChI is InChI=1S/C13H9Br2FN2O2/c14-9-4-2-5-10(16)13(9)17-7-8-3-1-6-11(12(8)15)18(19)20/h1-6,17H,7H2. The van der Waals surface area contributed by atoms with Gasteiger partial charge >= 0.3 is 0 Å². The second-order valence-corrected chi connectivity index (χ2v) is 5.60. The van der Waals surface area contributed by atoms with Crippen molar-refractivity contribution in [2.45, 2.75) is 6.54 Å². The fraction of sp³-hybridized carbons (Fsp3) is 0.0769. The second kappa shape index (κ2) is 6.32. The number of benzene rings is 2. The van der Waals surface area contributed by atoms with Crippen LogP contribution in [0.1, 0.15) is 5.56 Å². The molecule has 0 unspecified atom stereocenters. The van der Waals surface area contributed by atoms with Crippen LogP contribution in [0.15, 0.2) is 45.3 Å². The van der Waals surface area contributed by atoms with Crippen LogP contribution in [0.4, 0.5) is 15.8 Å². The molecule has 2 rings (SSSR count). The van der Waals surface area contributed by atoms with E-state index < -0.39 is 4.92 Å². The van der Waals surface area contributed by atoms with Gasteiger partial charge in [-0.05, 0) is 49.6 Å². The maximum atomic E-state index is 13.6. The summed E-state index contributed by atoms with van der Waals surface area (Å²) in [5.74, 6) is -0.388. The summed E-state index contributed by atoms with van der Waals surface area (Å²) in [6.07, 6.45) is 0. The van der Waals surface area contributed by atoms with Crippen LogP contribution in [0.2, 0.25) is 0 Å². The van der Waals surface area contributed by atoms with E-state index in [1.165, 1.54) is 12.1 Å². The third kappa shape index (κ3) is 3.16. The van der Waals surface area contributed by atoms with Crippen LogP contribution in [-0.2, 0) is 6.54 Å². The van der Waals surface area contributed by atoms with E-state index in [2.05, 4.69) is 37.2 Å². The molecule has 0 heterocycles. The molecule has 104 valence electrons. The van der Waals surface area contributed by atoms with E-state index >= 15 is 0 Å². The van der Waals surface area contributed by atoms with Gasteiger partial charge in [0.15, 0.2) is 0 Å². The topological polar surface area (TPSA) is 55.2 Å². The SMILES string of the molecule is O=[N+]([O-])c1cccc(CNc2c(F)cccc2Br)c1Br. The Hall–Kier alpha value is -1.47. The molecular weight excluding hydrogens is 395 g/mol. The monoisotopic (exact) mass is 402 g/mol. The highest BCUT2D eigenvalue weighted by Crippen LogP contribution is 2.30. The van der Waals surface area contributed by atoms with E-state index in [1.54, 1.807) is 24.3 Å². The van der Waals surface area contributed by atoms with Gasteiger partial charge in [0.05, 0.1) is 10.6 Å². The van der Waals surface area contributed by atoms with Gasteiger partial charge in [-0.25, -0.2) is 4.39 Å². The zero-order chi connectivity index (χ0) is 14.7. The van der Waals surface area contributed by atoms with E-state index in [0.29, 0.717) is 20.2 Å². The molecule has 0 aliphatic heterocycles. The zero-order valence-electron chi connectivity index (χ0n) is 10.1. The molecule has 0 aliphatic carbocycles. The number of hydrogen-bond acceptors (Lipinski definition) is 3. The first kappa shape index (κ1) is 14.9. The number of rotatable bonds is 4. The maximum Gasteiger partial charge on any atom is 0.283 e. The summed E-state index contributed by atoms with van der Waals surface area (Å²) in [4.78, 5) is 10.4. The summed E-state index contributed by atoms with van der Waals surface area (Å²) >= 11 is 6.46. The summed E-state index contributed by atoms with van der Waals surface area (Å²) in [5, 5.41) is 13.8. The van der Waals surface area contributed by atoms with E-state index in [9.17, 15) is 14.5 Å². The minimum Gasteiger partial charge on any atom is -0.378 e. The van der Waals surface area contributed by atoms with Crippen molar-refractivity contribution in [3.05, 3.63) is 66.8 Å². The molecule has 0 radical (unpaired) electrons. The first-order chi connectivity index (χ1) is 9.50. The summed E-state index contributed by atoms with van der Waals surface area (Å²) in [5.41, 5.74) is 0.983. The fourth-order valence-electron chi connectivity index (χ4n) is 1.69. The highest BCUT2D eigenvalue weighted by Gasteiger charge is 2.15. The average molecular weight is 404 g/mol. The van der Waals surface area contributed by atoms with Gasteiger partial charge < -0.3 is 5.32 Å².